The minimum absolute atomic E-state index is 0.143. The number of ether oxygens (including phenoxy) is 2. The molecule has 2 aromatic rings. The Morgan fingerprint density at radius 3 is 2.47 bits per heavy atom. The number of alkyl halides is 3. The summed E-state index contributed by atoms with van der Waals surface area (Å²) in [5, 5.41) is 8.05. The maximum absolute atomic E-state index is 13.7. The fourth-order valence-corrected chi connectivity index (χ4v) is 4.09. The molecule has 0 fully saturated rings. The Labute approximate surface area is 199 Å². The largest absolute Gasteiger partial charge is 0.493 e. The lowest BCUT2D eigenvalue weighted by Gasteiger charge is -2.21. The molecule has 1 aromatic heterocycles. The van der Waals surface area contributed by atoms with Crippen LogP contribution < -0.4 is 10.5 Å². The molecule has 9 nitrogen and oxygen atoms in total. The van der Waals surface area contributed by atoms with Gasteiger partial charge in [-0.05, 0) is 50.8 Å². The monoisotopic (exact) mass is 527 g/mol. The maximum Gasteiger partial charge on any atom is 0.469 e. The molecule has 0 unspecified atom stereocenters. The number of hydrogen-bond donors (Lipinski definition) is 3. The van der Waals surface area contributed by atoms with Crippen LogP contribution in [0.1, 0.15) is 50.1 Å². The fourth-order valence-electron chi connectivity index (χ4n) is 2.77. The van der Waals surface area contributed by atoms with Gasteiger partial charge in [0.15, 0.2) is 0 Å². The summed E-state index contributed by atoms with van der Waals surface area (Å²) in [6.45, 7) is 4.33. The molecule has 0 radical (unpaired) electrons. The average molecular weight is 528 g/mol. The van der Waals surface area contributed by atoms with Crippen molar-refractivity contribution in [1.82, 2.24) is 10.2 Å². The van der Waals surface area contributed by atoms with E-state index in [4.69, 9.17) is 25.0 Å². The van der Waals surface area contributed by atoms with Gasteiger partial charge in [0.1, 0.15) is 15.8 Å². The molecule has 34 heavy (non-hydrogen) atoms. The van der Waals surface area contributed by atoms with Gasteiger partial charge in [-0.25, -0.2) is 4.57 Å². The second-order valence-corrected chi connectivity index (χ2v) is 10.0. The topological polar surface area (TPSA) is 137 Å². The number of phosphoric ester groups is 1. The van der Waals surface area contributed by atoms with Crippen LogP contribution in [0, 0.1) is 0 Å². The van der Waals surface area contributed by atoms with Crippen LogP contribution in [0.25, 0.3) is 10.6 Å². The molecule has 1 aromatic carbocycles. The molecule has 14 heteroatoms. The highest BCUT2D eigenvalue weighted by molar-refractivity contribution is 7.46. The predicted octanol–water partition coefficient (Wildman–Crippen LogP) is 4.48. The van der Waals surface area contributed by atoms with Crippen LogP contribution >= 0.6 is 19.2 Å². The summed E-state index contributed by atoms with van der Waals surface area (Å²) in [6, 6.07) is 3.60. The first-order valence-electron chi connectivity index (χ1n) is 10.6. The number of benzene rings is 1. The molecule has 0 saturated carbocycles. The lowest BCUT2D eigenvalue weighted by molar-refractivity contribution is -0.138. The van der Waals surface area contributed by atoms with Crippen molar-refractivity contribution in [3.05, 3.63) is 28.8 Å². The lowest BCUT2D eigenvalue weighted by atomic mass is 10.1. The minimum atomic E-state index is -4.75. The molecule has 1 heterocycles. The number of unbranched alkanes of at least 4 members (excludes halogenated alkanes) is 2. The van der Waals surface area contributed by atoms with E-state index in [2.05, 4.69) is 14.7 Å². The summed E-state index contributed by atoms with van der Waals surface area (Å²) in [5.74, 6) is -0.276. The van der Waals surface area contributed by atoms with Gasteiger partial charge in [0, 0.05) is 18.8 Å². The van der Waals surface area contributed by atoms with Gasteiger partial charge in [-0.3, -0.25) is 4.52 Å². The van der Waals surface area contributed by atoms with Gasteiger partial charge < -0.3 is 25.0 Å². The molecule has 0 aliphatic carbocycles. The van der Waals surface area contributed by atoms with Crippen molar-refractivity contribution in [3.63, 3.8) is 0 Å². The number of rotatable bonds is 14. The van der Waals surface area contributed by atoms with Crippen LogP contribution in [0.15, 0.2) is 18.2 Å². The molecule has 0 bridgehead atoms. The van der Waals surface area contributed by atoms with Crippen LogP contribution in [-0.2, 0) is 25.5 Å². The number of nitrogens with zero attached hydrogens (tertiary/aromatic N) is 2. The lowest BCUT2D eigenvalue weighted by Crippen LogP contribution is -2.37. The van der Waals surface area contributed by atoms with Crippen molar-refractivity contribution >= 4 is 19.2 Å². The quantitative estimate of drug-likeness (QED) is 0.240. The van der Waals surface area contributed by atoms with E-state index in [1.165, 1.54) is 19.1 Å². The summed E-state index contributed by atoms with van der Waals surface area (Å²) in [6.07, 6.45) is -1.52. The zero-order valence-corrected chi connectivity index (χ0v) is 20.6. The Morgan fingerprint density at radius 1 is 1.12 bits per heavy atom. The Kier molecular flexibility index (Phi) is 10.4. The summed E-state index contributed by atoms with van der Waals surface area (Å²) in [5.41, 5.74) is 3.82. The van der Waals surface area contributed by atoms with Crippen LogP contribution in [0.3, 0.4) is 0 Å². The average Bonchev–Trinajstić information content (AvgIpc) is 3.24. The first-order chi connectivity index (χ1) is 15.8. The number of nitrogens with two attached hydrogens (primary N) is 1. The summed E-state index contributed by atoms with van der Waals surface area (Å²) in [7, 11) is -4.75. The Balaban J connectivity index is 2.08. The maximum atomic E-state index is 13.7. The van der Waals surface area contributed by atoms with Crippen molar-refractivity contribution in [2.24, 2.45) is 5.73 Å². The molecular weight excluding hydrogens is 498 g/mol. The highest BCUT2D eigenvalue weighted by Gasteiger charge is 2.35. The molecule has 0 saturated heterocycles. The molecule has 192 valence electrons. The predicted molar refractivity (Wildman–Crippen MR) is 120 cm³/mol. The van der Waals surface area contributed by atoms with E-state index in [9.17, 15) is 17.7 Å². The minimum Gasteiger partial charge on any atom is -0.493 e. The smallest absolute Gasteiger partial charge is 0.469 e. The number of phosphoric acid groups is 1. The van der Waals surface area contributed by atoms with E-state index in [-0.39, 0.29) is 27.9 Å². The third kappa shape index (κ3) is 9.21. The molecule has 2 rings (SSSR count). The molecule has 0 aliphatic heterocycles. The fraction of sp³-hybridized carbons (Fsp3) is 0.600. The van der Waals surface area contributed by atoms with Gasteiger partial charge in [0.25, 0.3) is 0 Å². The molecule has 1 atom stereocenters. The molecule has 0 spiro atoms. The van der Waals surface area contributed by atoms with E-state index < -0.39 is 31.7 Å². The first-order valence-corrected chi connectivity index (χ1v) is 12.9. The Hall–Kier alpha value is -1.60. The van der Waals surface area contributed by atoms with Crippen LogP contribution in [0.5, 0.6) is 5.75 Å². The Bertz CT molecular complexity index is 967. The van der Waals surface area contributed by atoms with E-state index in [0.29, 0.717) is 19.6 Å². The van der Waals surface area contributed by atoms with Crippen LogP contribution in [-0.4, -0.2) is 46.4 Å². The number of halogens is 3. The summed E-state index contributed by atoms with van der Waals surface area (Å²) in [4.78, 5) is 17.7. The van der Waals surface area contributed by atoms with Crippen LogP contribution in [0.2, 0.25) is 0 Å². The van der Waals surface area contributed by atoms with Crippen molar-refractivity contribution in [2.45, 2.75) is 51.2 Å². The van der Waals surface area contributed by atoms with Gasteiger partial charge >= 0.3 is 14.0 Å². The van der Waals surface area contributed by atoms with Crippen molar-refractivity contribution < 1.29 is 41.5 Å². The first kappa shape index (κ1) is 28.6. The van der Waals surface area contributed by atoms with Crippen molar-refractivity contribution in [1.29, 1.82) is 0 Å². The van der Waals surface area contributed by atoms with Crippen molar-refractivity contribution in [2.75, 3.05) is 26.4 Å². The Morgan fingerprint density at radius 2 is 1.82 bits per heavy atom. The van der Waals surface area contributed by atoms with Crippen molar-refractivity contribution in [3.8, 4) is 16.3 Å². The van der Waals surface area contributed by atoms with Gasteiger partial charge in [-0.1, -0.05) is 18.3 Å². The van der Waals surface area contributed by atoms with E-state index in [0.717, 1.165) is 36.7 Å². The third-order valence-electron chi connectivity index (χ3n) is 4.52. The van der Waals surface area contributed by atoms with E-state index in [1.807, 2.05) is 6.92 Å². The molecule has 0 aliphatic rings. The second-order valence-electron chi connectivity index (χ2n) is 7.82. The zero-order chi connectivity index (χ0) is 25.4. The van der Waals surface area contributed by atoms with Gasteiger partial charge in [0.2, 0.25) is 0 Å². The van der Waals surface area contributed by atoms with Gasteiger partial charge in [0.05, 0.1) is 24.3 Å². The van der Waals surface area contributed by atoms with E-state index >= 15 is 0 Å². The van der Waals surface area contributed by atoms with Gasteiger partial charge in [-0.15, -0.1) is 10.2 Å². The van der Waals surface area contributed by atoms with E-state index in [1.54, 1.807) is 0 Å². The molecule has 4 N–H and O–H groups in total. The normalized spacial score (nSPS) is 14.2. The summed E-state index contributed by atoms with van der Waals surface area (Å²) >= 11 is 0.901. The number of hydrogen-bond acceptors (Lipinski definition) is 8. The highest BCUT2D eigenvalue weighted by Crippen LogP contribution is 2.41. The standard InChI is InChI=1S/C20H29F3N3O6PS/c1-3-9-30-10-5-4-6-11-31-16-8-7-14(12-15(16)20(21,22)23)17-25-26-18(34-17)19(2,24)13-32-33(27,28)29/h7-8,12H,3-6,9-11,13,24H2,1-2H3,(H2,27,28,29)/t19-/m0/s1. The molecular formula is C20H29F3N3O6PS. The van der Waals surface area contributed by atoms with Gasteiger partial charge in [-0.2, -0.15) is 13.2 Å². The highest BCUT2D eigenvalue weighted by atomic mass is 32.1. The van der Waals surface area contributed by atoms with Crippen LogP contribution in [0.4, 0.5) is 13.2 Å². The zero-order valence-electron chi connectivity index (χ0n) is 18.9. The number of aromatic nitrogens is 2. The third-order valence-corrected chi connectivity index (χ3v) is 6.23. The second kappa shape index (κ2) is 12.4. The SMILES string of the molecule is CCCOCCCCCOc1ccc(-c2nnc([C@@](C)(N)COP(=O)(O)O)s2)cc1C(F)(F)F. The summed E-state index contributed by atoms with van der Waals surface area (Å²) < 4.78 is 67.1. The molecule has 0 amide bonds.